The Morgan fingerprint density at radius 3 is 2.47 bits per heavy atom. The van der Waals surface area contributed by atoms with Crippen LogP contribution < -0.4 is 5.73 Å². The average Bonchev–Trinajstić information content (AvgIpc) is 2.17. The van der Waals surface area contributed by atoms with Crippen molar-refractivity contribution >= 4 is 5.91 Å². The standard InChI is InChI=1S/C10H6F3NO/c11-7-4-5-8(12)10(13)6(7)2-1-3-9(14)15/h4-5H,3H2,(H2,14,15). The Bertz CT molecular complexity index is 460. The summed E-state index contributed by atoms with van der Waals surface area (Å²) < 4.78 is 38.5. The van der Waals surface area contributed by atoms with Crippen LogP contribution in [0.1, 0.15) is 12.0 Å². The van der Waals surface area contributed by atoms with Crippen molar-refractivity contribution in [2.45, 2.75) is 6.42 Å². The molecule has 15 heavy (non-hydrogen) atoms. The van der Waals surface area contributed by atoms with Gasteiger partial charge in [-0.25, -0.2) is 13.2 Å². The minimum Gasteiger partial charge on any atom is -0.369 e. The van der Waals surface area contributed by atoms with Crippen molar-refractivity contribution in [1.82, 2.24) is 0 Å². The Balaban J connectivity index is 3.07. The molecule has 0 fully saturated rings. The maximum absolute atomic E-state index is 13.0. The maximum Gasteiger partial charge on any atom is 0.229 e. The van der Waals surface area contributed by atoms with Gasteiger partial charge in [0, 0.05) is 0 Å². The number of benzene rings is 1. The highest BCUT2D eigenvalue weighted by Crippen LogP contribution is 2.14. The number of carbonyl (C=O) groups is 1. The number of amides is 1. The van der Waals surface area contributed by atoms with Crippen LogP contribution in [-0.2, 0) is 4.79 Å². The van der Waals surface area contributed by atoms with E-state index in [2.05, 4.69) is 5.92 Å². The first kappa shape index (κ1) is 11.1. The molecule has 0 saturated heterocycles. The molecule has 1 amide bonds. The minimum atomic E-state index is -1.37. The lowest BCUT2D eigenvalue weighted by atomic mass is 10.2. The van der Waals surface area contributed by atoms with Crippen molar-refractivity contribution in [2.24, 2.45) is 5.73 Å². The first-order valence-corrected chi connectivity index (χ1v) is 3.93. The molecule has 0 spiro atoms. The van der Waals surface area contributed by atoms with Gasteiger partial charge in [0.15, 0.2) is 11.6 Å². The van der Waals surface area contributed by atoms with Gasteiger partial charge in [0.25, 0.3) is 0 Å². The lowest BCUT2D eigenvalue weighted by Gasteiger charge is -1.97. The van der Waals surface area contributed by atoms with E-state index in [1.54, 1.807) is 0 Å². The number of hydrogen-bond acceptors (Lipinski definition) is 1. The van der Waals surface area contributed by atoms with Crippen LogP contribution >= 0.6 is 0 Å². The maximum atomic E-state index is 13.0. The average molecular weight is 213 g/mol. The molecule has 1 aromatic rings. The zero-order chi connectivity index (χ0) is 11.4. The molecule has 2 nitrogen and oxygen atoms in total. The number of nitrogens with two attached hydrogens (primary N) is 1. The summed E-state index contributed by atoms with van der Waals surface area (Å²) in [4.78, 5) is 10.3. The molecule has 0 unspecified atom stereocenters. The smallest absolute Gasteiger partial charge is 0.229 e. The second kappa shape index (κ2) is 4.51. The summed E-state index contributed by atoms with van der Waals surface area (Å²) in [5.74, 6) is -0.115. The summed E-state index contributed by atoms with van der Waals surface area (Å²) >= 11 is 0. The van der Waals surface area contributed by atoms with E-state index >= 15 is 0 Å². The zero-order valence-corrected chi connectivity index (χ0v) is 7.48. The van der Waals surface area contributed by atoms with Crippen molar-refractivity contribution in [2.75, 3.05) is 0 Å². The van der Waals surface area contributed by atoms with Crippen LogP contribution in [-0.4, -0.2) is 5.91 Å². The molecule has 0 aliphatic rings. The van der Waals surface area contributed by atoms with Crippen LogP contribution in [0, 0.1) is 29.3 Å². The third-order valence-corrected chi connectivity index (χ3v) is 1.52. The van der Waals surface area contributed by atoms with E-state index in [9.17, 15) is 18.0 Å². The molecular formula is C10H6F3NO. The molecule has 78 valence electrons. The Morgan fingerprint density at radius 1 is 1.27 bits per heavy atom. The molecule has 0 saturated carbocycles. The molecule has 0 aromatic heterocycles. The number of rotatable bonds is 1. The van der Waals surface area contributed by atoms with Crippen molar-refractivity contribution in [3.63, 3.8) is 0 Å². The summed E-state index contributed by atoms with van der Waals surface area (Å²) in [5.41, 5.74) is 4.06. The summed E-state index contributed by atoms with van der Waals surface area (Å²) in [5, 5.41) is 0. The number of carbonyl (C=O) groups excluding carboxylic acids is 1. The van der Waals surface area contributed by atoms with Crippen LogP contribution in [0.3, 0.4) is 0 Å². The Hall–Kier alpha value is -1.96. The predicted octanol–water partition coefficient (Wildman–Crippen LogP) is 1.33. The van der Waals surface area contributed by atoms with E-state index in [1.807, 2.05) is 5.92 Å². The number of primary amides is 1. The van der Waals surface area contributed by atoms with Crippen molar-refractivity contribution in [3.05, 3.63) is 35.1 Å². The Morgan fingerprint density at radius 2 is 1.87 bits per heavy atom. The molecule has 0 bridgehead atoms. The molecular weight excluding hydrogens is 207 g/mol. The molecule has 0 aliphatic heterocycles. The summed E-state index contributed by atoms with van der Waals surface area (Å²) in [6.07, 6.45) is -0.338. The van der Waals surface area contributed by atoms with Gasteiger partial charge in [-0.1, -0.05) is 11.8 Å². The fraction of sp³-hybridized carbons (Fsp3) is 0.100. The molecule has 5 heteroatoms. The number of hydrogen-bond donors (Lipinski definition) is 1. The van der Waals surface area contributed by atoms with Crippen LogP contribution in [0.5, 0.6) is 0 Å². The molecule has 0 radical (unpaired) electrons. The van der Waals surface area contributed by atoms with E-state index in [1.165, 1.54) is 0 Å². The van der Waals surface area contributed by atoms with Gasteiger partial charge in [0.1, 0.15) is 5.82 Å². The molecule has 1 rings (SSSR count). The lowest BCUT2D eigenvalue weighted by molar-refractivity contribution is -0.117. The molecule has 0 aliphatic carbocycles. The third-order valence-electron chi connectivity index (χ3n) is 1.52. The number of halogens is 3. The Kier molecular flexibility index (Phi) is 3.34. The SMILES string of the molecule is NC(=O)CC#Cc1c(F)ccc(F)c1F. The Labute approximate surface area is 83.9 Å². The third kappa shape index (κ3) is 2.74. The van der Waals surface area contributed by atoms with E-state index in [0.29, 0.717) is 6.07 Å². The zero-order valence-electron chi connectivity index (χ0n) is 7.48. The second-order valence-corrected chi connectivity index (χ2v) is 2.66. The van der Waals surface area contributed by atoms with Gasteiger partial charge in [0.05, 0.1) is 12.0 Å². The first-order chi connectivity index (χ1) is 7.02. The monoisotopic (exact) mass is 213 g/mol. The summed E-state index contributed by atoms with van der Waals surface area (Å²) in [6, 6.07) is 1.41. The minimum absolute atomic E-state index is 0.338. The molecule has 1 aromatic carbocycles. The molecule has 0 heterocycles. The van der Waals surface area contributed by atoms with Gasteiger partial charge in [0.2, 0.25) is 5.91 Å². The fourth-order valence-corrected chi connectivity index (χ4v) is 0.861. The predicted molar refractivity (Wildman–Crippen MR) is 47.0 cm³/mol. The summed E-state index contributed by atoms with van der Waals surface area (Å²) in [7, 11) is 0. The van der Waals surface area contributed by atoms with E-state index in [0.717, 1.165) is 6.07 Å². The highest BCUT2D eigenvalue weighted by molar-refractivity contribution is 5.76. The van der Waals surface area contributed by atoms with E-state index in [4.69, 9.17) is 5.73 Å². The van der Waals surface area contributed by atoms with Gasteiger partial charge in [-0.05, 0) is 12.1 Å². The van der Waals surface area contributed by atoms with E-state index in [-0.39, 0.29) is 6.42 Å². The van der Waals surface area contributed by atoms with Crippen molar-refractivity contribution in [1.29, 1.82) is 0 Å². The van der Waals surface area contributed by atoms with Crippen LogP contribution in [0.2, 0.25) is 0 Å². The van der Waals surface area contributed by atoms with Crippen LogP contribution in [0.25, 0.3) is 0 Å². The highest BCUT2D eigenvalue weighted by atomic mass is 19.2. The van der Waals surface area contributed by atoms with E-state index < -0.39 is 28.9 Å². The second-order valence-electron chi connectivity index (χ2n) is 2.66. The van der Waals surface area contributed by atoms with Crippen molar-refractivity contribution < 1.29 is 18.0 Å². The van der Waals surface area contributed by atoms with Gasteiger partial charge < -0.3 is 5.73 Å². The normalized spacial score (nSPS) is 9.27. The molecule has 0 atom stereocenters. The largest absolute Gasteiger partial charge is 0.369 e. The highest BCUT2D eigenvalue weighted by Gasteiger charge is 2.11. The van der Waals surface area contributed by atoms with Gasteiger partial charge in [-0.3, -0.25) is 4.79 Å². The quantitative estimate of drug-likeness (QED) is 0.555. The van der Waals surface area contributed by atoms with Crippen LogP contribution in [0.15, 0.2) is 12.1 Å². The lowest BCUT2D eigenvalue weighted by Crippen LogP contribution is -2.08. The summed E-state index contributed by atoms with van der Waals surface area (Å²) in [6.45, 7) is 0. The topological polar surface area (TPSA) is 43.1 Å². The van der Waals surface area contributed by atoms with Crippen molar-refractivity contribution in [3.8, 4) is 11.8 Å². The van der Waals surface area contributed by atoms with Crippen LogP contribution in [0.4, 0.5) is 13.2 Å². The van der Waals surface area contributed by atoms with Gasteiger partial charge >= 0.3 is 0 Å². The molecule has 2 N–H and O–H groups in total. The fourth-order valence-electron chi connectivity index (χ4n) is 0.861. The first-order valence-electron chi connectivity index (χ1n) is 3.93. The van der Waals surface area contributed by atoms with Gasteiger partial charge in [-0.2, -0.15) is 0 Å². The van der Waals surface area contributed by atoms with Gasteiger partial charge in [-0.15, -0.1) is 0 Å².